The van der Waals surface area contributed by atoms with Crippen molar-refractivity contribution in [2.24, 2.45) is 0 Å². The molecule has 12 heteroatoms. The molecule has 12 nitrogen and oxygen atoms in total. The number of amides is 4. The molecule has 1 aromatic carbocycles. The van der Waals surface area contributed by atoms with Gasteiger partial charge in [-0.3, -0.25) is 14.8 Å². The Balaban J connectivity index is 1.53. The smallest absolute Gasteiger partial charge is 0.435 e. The predicted octanol–water partition coefficient (Wildman–Crippen LogP) is 4.37. The van der Waals surface area contributed by atoms with Crippen molar-refractivity contribution in [3.05, 3.63) is 36.5 Å². The zero-order valence-corrected chi connectivity index (χ0v) is 21.9. The summed E-state index contributed by atoms with van der Waals surface area (Å²) < 4.78 is 7.46. The summed E-state index contributed by atoms with van der Waals surface area (Å²) in [6, 6.07) is 8.61. The Morgan fingerprint density at radius 2 is 1.76 bits per heavy atom. The molecule has 4 N–H and O–H groups in total. The fourth-order valence-corrected chi connectivity index (χ4v) is 4.98. The van der Waals surface area contributed by atoms with Crippen LogP contribution in [-0.2, 0) is 15.1 Å². The van der Waals surface area contributed by atoms with Gasteiger partial charge < -0.3 is 20.7 Å². The van der Waals surface area contributed by atoms with Crippen molar-refractivity contribution >= 4 is 52.2 Å². The lowest BCUT2D eigenvalue weighted by atomic mass is 9.80. The first kappa shape index (κ1) is 25.3. The van der Waals surface area contributed by atoms with Crippen LogP contribution in [0, 0.1) is 0 Å². The van der Waals surface area contributed by atoms with E-state index in [0.29, 0.717) is 41.3 Å². The highest BCUT2D eigenvalue weighted by Crippen LogP contribution is 2.44. The Bertz CT molecular complexity index is 1390. The number of hydrazine groups is 1. The third-order valence-electron chi connectivity index (χ3n) is 6.70. The molecule has 1 spiro atoms. The number of anilines is 4. The van der Waals surface area contributed by atoms with Gasteiger partial charge in [0.2, 0.25) is 5.95 Å². The summed E-state index contributed by atoms with van der Waals surface area (Å²) in [5, 5.41) is 10.3. The maximum atomic E-state index is 13.6. The van der Waals surface area contributed by atoms with E-state index >= 15 is 0 Å². The van der Waals surface area contributed by atoms with E-state index in [-0.39, 0.29) is 11.9 Å². The average Bonchev–Trinajstić information content (AvgIpc) is 3.26. The van der Waals surface area contributed by atoms with Crippen LogP contribution in [0.3, 0.4) is 0 Å². The number of fused-ring (bicyclic) bond motifs is 4. The Morgan fingerprint density at radius 1 is 1.08 bits per heavy atom. The normalized spacial score (nSPS) is 16.5. The molecule has 3 heterocycles. The number of hydrogen-bond donors (Lipinski definition) is 4. The summed E-state index contributed by atoms with van der Waals surface area (Å²) in [6.45, 7) is 5.33. The van der Waals surface area contributed by atoms with Gasteiger partial charge in [0.15, 0.2) is 0 Å². The highest BCUT2D eigenvalue weighted by Gasteiger charge is 2.49. The lowest BCUT2D eigenvalue weighted by Crippen LogP contribution is -2.62. The molecular weight excluding hydrogens is 488 g/mol. The fraction of sp³-hybridized carbons (Fsp3) is 0.423. The number of carbonyl (C=O) groups is 3. The van der Waals surface area contributed by atoms with Crippen LogP contribution in [0.5, 0.6) is 0 Å². The number of urea groups is 1. The third-order valence-corrected chi connectivity index (χ3v) is 6.70. The predicted molar refractivity (Wildman–Crippen MR) is 143 cm³/mol. The van der Waals surface area contributed by atoms with Gasteiger partial charge in [0.25, 0.3) is 5.91 Å². The summed E-state index contributed by atoms with van der Waals surface area (Å²) in [6.07, 6.45) is 5.13. The molecule has 4 amide bonds. The monoisotopic (exact) mass is 520 g/mol. The molecule has 1 aliphatic carbocycles. The van der Waals surface area contributed by atoms with Gasteiger partial charge in [-0.05, 0) is 63.9 Å². The molecule has 38 heavy (non-hydrogen) atoms. The Morgan fingerprint density at radius 3 is 2.42 bits per heavy atom. The maximum Gasteiger partial charge on any atom is 0.435 e. The van der Waals surface area contributed by atoms with E-state index in [1.807, 2.05) is 4.57 Å². The van der Waals surface area contributed by atoms with Crippen molar-refractivity contribution in [1.82, 2.24) is 25.3 Å². The van der Waals surface area contributed by atoms with Crippen LogP contribution >= 0.6 is 0 Å². The van der Waals surface area contributed by atoms with Gasteiger partial charge in [0, 0.05) is 30.0 Å². The van der Waals surface area contributed by atoms with Crippen LogP contribution in [0.2, 0.25) is 0 Å². The molecule has 0 saturated heterocycles. The molecule has 1 fully saturated rings. The number of rotatable bonds is 3. The van der Waals surface area contributed by atoms with Crippen molar-refractivity contribution in [2.45, 2.75) is 64.0 Å². The van der Waals surface area contributed by atoms with E-state index in [4.69, 9.17) is 9.72 Å². The summed E-state index contributed by atoms with van der Waals surface area (Å²) in [7, 11) is 1.55. The molecule has 5 rings (SSSR count). The average molecular weight is 521 g/mol. The summed E-state index contributed by atoms with van der Waals surface area (Å²) in [5.41, 5.74) is 3.12. The molecule has 0 unspecified atom stereocenters. The SMILES string of the molecule is CNC(=O)Nc1ccc(Nc2ncc3cc4n(c3n2)C2(CCCCC2)C(=O)NN4C(=O)OC(C)(C)C)cc1. The Kier molecular flexibility index (Phi) is 6.33. The van der Waals surface area contributed by atoms with Gasteiger partial charge in [-0.2, -0.15) is 9.99 Å². The van der Waals surface area contributed by atoms with Crippen molar-refractivity contribution in [3.63, 3.8) is 0 Å². The van der Waals surface area contributed by atoms with E-state index in [0.717, 1.165) is 24.9 Å². The molecule has 0 radical (unpaired) electrons. The summed E-state index contributed by atoms with van der Waals surface area (Å²) in [4.78, 5) is 47.5. The van der Waals surface area contributed by atoms with E-state index in [1.165, 1.54) is 5.01 Å². The van der Waals surface area contributed by atoms with E-state index in [1.54, 1.807) is 64.3 Å². The third kappa shape index (κ3) is 4.69. The number of aromatic nitrogens is 3. The minimum Gasteiger partial charge on any atom is -0.442 e. The highest BCUT2D eigenvalue weighted by atomic mass is 16.6. The fourth-order valence-electron chi connectivity index (χ4n) is 4.98. The first-order chi connectivity index (χ1) is 18.1. The first-order valence-electron chi connectivity index (χ1n) is 12.7. The maximum absolute atomic E-state index is 13.6. The molecule has 2 aliphatic rings. The second-order valence-electron chi connectivity index (χ2n) is 10.6. The lowest BCUT2D eigenvalue weighted by molar-refractivity contribution is -0.133. The van der Waals surface area contributed by atoms with Crippen LogP contribution in [0.1, 0.15) is 52.9 Å². The van der Waals surface area contributed by atoms with Gasteiger partial charge in [-0.1, -0.05) is 19.3 Å². The quantitative estimate of drug-likeness (QED) is 0.402. The molecule has 0 bridgehead atoms. The molecule has 0 atom stereocenters. The van der Waals surface area contributed by atoms with Crippen LogP contribution in [0.4, 0.5) is 32.7 Å². The van der Waals surface area contributed by atoms with Crippen LogP contribution in [-0.4, -0.2) is 45.2 Å². The van der Waals surface area contributed by atoms with E-state index < -0.39 is 17.2 Å². The summed E-state index contributed by atoms with van der Waals surface area (Å²) in [5.74, 6) is 0.582. The molecule has 1 saturated carbocycles. The van der Waals surface area contributed by atoms with Gasteiger partial charge in [0.05, 0.1) is 0 Å². The van der Waals surface area contributed by atoms with Crippen LogP contribution in [0.25, 0.3) is 11.0 Å². The number of nitrogens with zero attached hydrogens (tertiary/aromatic N) is 4. The molecule has 3 aromatic rings. The Hall–Kier alpha value is -4.35. The minimum atomic E-state index is -0.855. The molecule has 200 valence electrons. The van der Waals surface area contributed by atoms with E-state index in [9.17, 15) is 14.4 Å². The lowest BCUT2D eigenvalue weighted by Gasteiger charge is -2.44. The van der Waals surface area contributed by atoms with Gasteiger partial charge in [-0.15, -0.1) is 0 Å². The van der Waals surface area contributed by atoms with E-state index in [2.05, 4.69) is 26.4 Å². The number of carbonyl (C=O) groups excluding carboxylic acids is 3. The topological polar surface area (TPSA) is 143 Å². The second kappa shape index (κ2) is 9.51. The zero-order valence-electron chi connectivity index (χ0n) is 21.9. The van der Waals surface area contributed by atoms with Crippen molar-refractivity contribution in [1.29, 1.82) is 0 Å². The number of ether oxygens (including phenoxy) is 1. The van der Waals surface area contributed by atoms with Crippen molar-refractivity contribution in [3.8, 4) is 0 Å². The number of hydrogen-bond acceptors (Lipinski definition) is 7. The van der Waals surface area contributed by atoms with Crippen molar-refractivity contribution in [2.75, 3.05) is 22.7 Å². The van der Waals surface area contributed by atoms with Crippen molar-refractivity contribution < 1.29 is 19.1 Å². The molecular formula is C26H32N8O4. The number of benzene rings is 1. The number of nitrogens with one attached hydrogen (secondary N) is 4. The summed E-state index contributed by atoms with van der Waals surface area (Å²) >= 11 is 0. The van der Waals surface area contributed by atoms with Gasteiger partial charge in [0.1, 0.15) is 22.6 Å². The van der Waals surface area contributed by atoms with Gasteiger partial charge in [-0.25, -0.2) is 14.6 Å². The first-order valence-corrected chi connectivity index (χ1v) is 12.7. The van der Waals surface area contributed by atoms with Gasteiger partial charge >= 0.3 is 12.1 Å². The molecule has 1 aliphatic heterocycles. The minimum absolute atomic E-state index is 0.250. The molecule has 2 aromatic heterocycles. The van der Waals surface area contributed by atoms with Crippen LogP contribution < -0.4 is 26.4 Å². The zero-order chi connectivity index (χ0) is 27.1. The standard InChI is InChI=1S/C26H32N8O4/c1-25(2,3)38-24(37)34-19-14-16-15-28-22(29-17-8-10-18(11-9-17)30-23(36)27-4)31-20(16)33(19)26(21(35)32-34)12-6-5-7-13-26/h8-11,14-15H,5-7,12-13H2,1-4H3,(H,32,35)(H2,27,30,36)(H,28,29,31). The largest absolute Gasteiger partial charge is 0.442 e. The second-order valence-corrected chi connectivity index (χ2v) is 10.6. The van der Waals surface area contributed by atoms with Crippen LogP contribution in [0.15, 0.2) is 36.5 Å². The highest BCUT2D eigenvalue weighted by molar-refractivity contribution is 6.01. The Labute approximate surface area is 220 Å².